The topological polar surface area (TPSA) is 65.8 Å². The second-order valence-electron chi connectivity index (χ2n) is 9.91. The fourth-order valence-corrected chi connectivity index (χ4v) is 2.65. The molecule has 2 rings (SSSR count). The minimum Gasteiger partial charge on any atom is -0.444 e. The van der Waals surface area contributed by atoms with Gasteiger partial charge in [0, 0.05) is 24.9 Å². The van der Waals surface area contributed by atoms with Gasteiger partial charge in [-0.1, -0.05) is 0 Å². The largest absolute Gasteiger partial charge is 0.498 e. The van der Waals surface area contributed by atoms with Crippen molar-refractivity contribution in [3.8, 4) is 0 Å². The fourth-order valence-electron chi connectivity index (χ4n) is 2.65. The number of rotatable bonds is 4. The third-order valence-electron chi connectivity index (χ3n) is 5.30. The lowest BCUT2D eigenvalue weighted by Crippen LogP contribution is -2.49. The molecule has 0 spiro atoms. The van der Waals surface area contributed by atoms with Crippen molar-refractivity contribution < 1.29 is 18.8 Å². The molecule has 1 fully saturated rings. The van der Waals surface area contributed by atoms with Gasteiger partial charge in [-0.15, -0.1) is 0 Å². The minimum absolute atomic E-state index is 0.356. The maximum Gasteiger partial charge on any atom is 0.498 e. The van der Waals surface area contributed by atoms with E-state index in [4.69, 9.17) is 14.0 Å². The molecule has 0 aliphatic carbocycles. The molecule has 0 saturated carbocycles. The Morgan fingerprint density at radius 2 is 1.70 bits per heavy atom. The van der Waals surface area contributed by atoms with E-state index in [1.165, 1.54) is 0 Å². The first kappa shape index (κ1) is 21.8. The van der Waals surface area contributed by atoms with E-state index in [0.29, 0.717) is 6.54 Å². The molecule has 1 aliphatic rings. The van der Waals surface area contributed by atoms with Crippen LogP contribution in [0.5, 0.6) is 0 Å². The second kappa shape index (κ2) is 6.81. The molecule has 27 heavy (non-hydrogen) atoms. The predicted molar refractivity (Wildman–Crippen MR) is 106 cm³/mol. The molecule has 1 amide bonds. The monoisotopic (exact) mass is 379 g/mol. The van der Waals surface area contributed by atoms with Gasteiger partial charge in [0.15, 0.2) is 0 Å². The van der Waals surface area contributed by atoms with Crippen molar-refractivity contribution in [2.24, 2.45) is 0 Å². The van der Waals surface area contributed by atoms with Crippen LogP contribution in [-0.2, 0) is 20.6 Å². The molecule has 152 valence electrons. The van der Waals surface area contributed by atoms with Gasteiger partial charge in [0.05, 0.1) is 23.3 Å². The van der Waals surface area contributed by atoms with Gasteiger partial charge in [0.25, 0.3) is 0 Å². The van der Waals surface area contributed by atoms with Crippen molar-refractivity contribution >= 4 is 18.7 Å². The van der Waals surface area contributed by atoms with Crippen LogP contribution < -0.4 is 5.46 Å². The molecular formula is C19H34BN3O4. The molecule has 0 unspecified atom stereocenters. The van der Waals surface area contributed by atoms with Gasteiger partial charge in [-0.05, 0) is 62.3 Å². The van der Waals surface area contributed by atoms with Crippen LogP contribution in [0, 0.1) is 0 Å². The Labute approximate surface area is 163 Å². The molecule has 8 heteroatoms. The Balaban J connectivity index is 2.07. The van der Waals surface area contributed by atoms with Crippen LogP contribution in [0.15, 0.2) is 12.4 Å². The molecule has 1 saturated heterocycles. The van der Waals surface area contributed by atoms with Crippen LogP contribution in [0.3, 0.4) is 0 Å². The molecule has 7 nitrogen and oxygen atoms in total. The van der Waals surface area contributed by atoms with E-state index >= 15 is 0 Å². The van der Waals surface area contributed by atoms with E-state index in [0.717, 1.165) is 5.46 Å². The van der Waals surface area contributed by atoms with E-state index in [2.05, 4.69) is 5.10 Å². The number of amides is 1. The zero-order chi connectivity index (χ0) is 20.8. The van der Waals surface area contributed by atoms with Gasteiger partial charge >= 0.3 is 13.2 Å². The highest BCUT2D eigenvalue weighted by Gasteiger charge is 2.52. The Hall–Kier alpha value is -1.54. The summed E-state index contributed by atoms with van der Waals surface area (Å²) in [6, 6.07) is 0. The second-order valence-corrected chi connectivity index (χ2v) is 9.91. The Morgan fingerprint density at radius 1 is 1.19 bits per heavy atom. The summed E-state index contributed by atoms with van der Waals surface area (Å²) in [7, 11) is 1.29. The van der Waals surface area contributed by atoms with Gasteiger partial charge in [0.1, 0.15) is 5.60 Å². The van der Waals surface area contributed by atoms with E-state index in [-0.39, 0.29) is 6.09 Å². The van der Waals surface area contributed by atoms with E-state index in [1.807, 2.05) is 68.5 Å². The molecule has 0 aromatic carbocycles. The first-order chi connectivity index (χ1) is 12.0. The highest BCUT2D eigenvalue weighted by atomic mass is 16.7. The summed E-state index contributed by atoms with van der Waals surface area (Å²) in [4.78, 5) is 14.0. The fraction of sp³-hybridized carbons (Fsp3) is 0.789. The van der Waals surface area contributed by atoms with Crippen molar-refractivity contribution in [2.45, 2.75) is 91.2 Å². The zero-order valence-electron chi connectivity index (χ0n) is 18.4. The number of likely N-dealkylation sites (N-methyl/N-ethyl adjacent to an activating group) is 1. The molecule has 1 aromatic rings. The Bertz CT molecular complexity index is 675. The van der Waals surface area contributed by atoms with Gasteiger partial charge in [-0.25, -0.2) is 4.79 Å². The standard InChI is InChI=1S/C19H34BN3O4/c1-16(2,3)25-15(24)22(10)17(4,5)13-23-12-14(11-21-23)20-26-18(6,7)19(8,9)27-20/h11-12H,13H2,1-10H3. The molecule has 0 atom stereocenters. The summed E-state index contributed by atoms with van der Waals surface area (Å²) in [6.45, 7) is 18.1. The summed E-state index contributed by atoms with van der Waals surface area (Å²) in [5.74, 6) is 0. The Kier molecular flexibility index (Phi) is 5.49. The zero-order valence-corrected chi connectivity index (χ0v) is 18.4. The van der Waals surface area contributed by atoms with Gasteiger partial charge in [0.2, 0.25) is 0 Å². The number of carbonyl (C=O) groups excluding carboxylic acids is 1. The third-order valence-corrected chi connectivity index (χ3v) is 5.30. The molecule has 0 bridgehead atoms. The molecule has 1 aromatic heterocycles. The summed E-state index contributed by atoms with van der Waals surface area (Å²) < 4.78 is 19.4. The van der Waals surface area contributed by atoms with Gasteiger partial charge in [-0.3, -0.25) is 4.68 Å². The molecular weight excluding hydrogens is 345 g/mol. The van der Waals surface area contributed by atoms with Crippen molar-refractivity contribution in [1.82, 2.24) is 14.7 Å². The number of ether oxygens (including phenoxy) is 1. The maximum absolute atomic E-state index is 12.4. The number of hydrogen-bond donors (Lipinski definition) is 0. The lowest BCUT2D eigenvalue weighted by molar-refractivity contribution is 0.00578. The highest BCUT2D eigenvalue weighted by molar-refractivity contribution is 6.61. The maximum atomic E-state index is 12.4. The van der Waals surface area contributed by atoms with Crippen molar-refractivity contribution in [1.29, 1.82) is 0 Å². The van der Waals surface area contributed by atoms with Crippen LogP contribution in [0.25, 0.3) is 0 Å². The summed E-state index contributed by atoms with van der Waals surface area (Å²) in [5, 5.41) is 4.44. The molecule has 2 heterocycles. The number of hydrogen-bond acceptors (Lipinski definition) is 5. The number of aromatic nitrogens is 2. The average Bonchev–Trinajstić information content (AvgIpc) is 2.98. The van der Waals surface area contributed by atoms with Crippen LogP contribution in [0.4, 0.5) is 4.79 Å². The summed E-state index contributed by atoms with van der Waals surface area (Å²) in [5.41, 5.74) is -0.936. The smallest absolute Gasteiger partial charge is 0.444 e. The SMILES string of the molecule is CN(C(=O)OC(C)(C)C)C(C)(C)Cn1cc(B2OC(C)(C)C(C)(C)O2)cn1. The van der Waals surface area contributed by atoms with Gasteiger partial charge < -0.3 is 18.9 Å². The van der Waals surface area contributed by atoms with Crippen molar-refractivity contribution in [3.05, 3.63) is 12.4 Å². The van der Waals surface area contributed by atoms with E-state index < -0.39 is 29.5 Å². The summed E-state index contributed by atoms with van der Waals surface area (Å²) in [6.07, 6.45) is 3.31. The van der Waals surface area contributed by atoms with Crippen LogP contribution in [-0.4, -0.2) is 57.3 Å². The van der Waals surface area contributed by atoms with Crippen molar-refractivity contribution in [2.75, 3.05) is 7.05 Å². The highest BCUT2D eigenvalue weighted by Crippen LogP contribution is 2.36. The first-order valence-electron chi connectivity index (χ1n) is 9.39. The van der Waals surface area contributed by atoms with Gasteiger partial charge in [-0.2, -0.15) is 5.10 Å². The summed E-state index contributed by atoms with van der Waals surface area (Å²) >= 11 is 0. The molecule has 0 radical (unpaired) electrons. The number of nitrogens with zero attached hydrogens (tertiary/aromatic N) is 3. The predicted octanol–water partition coefficient (Wildman–Crippen LogP) is 2.83. The lowest BCUT2D eigenvalue weighted by atomic mass is 9.82. The molecule has 1 aliphatic heterocycles. The first-order valence-corrected chi connectivity index (χ1v) is 9.39. The third kappa shape index (κ3) is 4.85. The van der Waals surface area contributed by atoms with Crippen LogP contribution >= 0.6 is 0 Å². The van der Waals surface area contributed by atoms with Crippen LogP contribution in [0.2, 0.25) is 0 Å². The molecule has 0 N–H and O–H groups in total. The van der Waals surface area contributed by atoms with Crippen LogP contribution in [0.1, 0.15) is 62.3 Å². The van der Waals surface area contributed by atoms with E-state index in [9.17, 15) is 4.79 Å². The van der Waals surface area contributed by atoms with Crippen molar-refractivity contribution in [3.63, 3.8) is 0 Å². The lowest BCUT2D eigenvalue weighted by Gasteiger charge is -2.36. The number of carbonyl (C=O) groups is 1. The average molecular weight is 379 g/mol. The quantitative estimate of drug-likeness (QED) is 0.753. The van der Waals surface area contributed by atoms with E-state index in [1.54, 1.807) is 22.8 Å². The minimum atomic E-state index is -0.531. The normalized spacial score (nSPS) is 19.3. The Morgan fingerprint density at radius 3 is 2.19 bits per heavy atom.